The number of carbonyl (C=O) groups excluding carboxylic acids is 2. The summed E-state index contributed by atoms with van der Waals surface area (Å²) >= 11 is 0. The van der Waals surface area contributed by atoms with E-state index in [2.05, 4.69) is 43.5 Å². The molecule has 490 valence electrons. The highest BCUT2D eigenvalue weighted by molar-refractivity contribution is 5.76. The van der Waals surface area contributed by atoms with Crippen LogP contribution in [0.2, 0.25) is 0 Å². The quantitative estimate of drug-likeness (QED) is 0.0320. The molecule has 0 saturated carbocycles. The number of aliphatic hydroxyl groups excluding tert-OH is 2. The molecule has 2 atom stereocenters. The summed E-state index contributed by atoms with van der Waals surface area (Å²) in [5, 5.41) is 23.3. The molecule has 0 bridgehead atoms. The molecule has 2 unspecified atom stereocenters. The molecule has 0 spiro atoms. The lowest BCUT2D eigenvalue weighted by Gasteiger charge is -2.20. The van der Waals surface area contributed by atoms with Gasteiger partial charge in [0.1, 0.15) is 0 Å². The molecule has 0 fully saturated rings. The average Bonchev–Trinajstić information content (AvgIpc) is 3.48. The lowest BCUT2D eigenvalue weighted by molar-refractivity contribution is -0.143. The minimum Gasteiger partial charge on any atom is -0.466 e. The van der Waals surface area contributed by atoms with Crippen LogP contribution in [0.1, 0.15) is 418 Å². The van der Waals surface area contributed by atoms with E-state index in [4.69, 9.17) is 4.74 Å². The van der Waals surface area contributed by atoms with Crippen LogP contribution in [0.15, 0.2) is 36.5 Å². The second-order valence-corrected chi connectivity index (χ2v) is 26.0. The molecule has 0 saturated heterocycles. The summed E-state index contributed by atoms with van der Waals surface area (Å²) in [4.78, 5) is 24.6. The van der Waals surface area contributed by atoms with E-state index < -0.39 is 12.1 Å². The molecule has 83 heavy (non-hydrogen) atoms. The molecule has 6 heteroatoms. The van der Waals surface area contributed by atoms with Gasteiger partial charge in [-0.2, -0.15) is 0 Å². The van der Waals surface area contributed by atoms with Crippen LogP contribution in [0.3, 0.4) is 0 Å². The Hall–Kier alpha value is -1.92. The van der Waals surface area contributed by atoms with E-state index in [1.54, 1.807) is 6.08 Å². The number of carbonyl (C=O) groups is 2. The summed E-state index contributed by atoms with van der Waals surface area (Å²) in [6, 6.07) is -0.625. The number of esters is 1. The Morgan fingerprint density at radius 3 is 0.928 bits per heavy atom. The van der Waals surface area contributed by atoms with Crippen molar-refractivity contribution in [2.24, 2.45) is 0 Å². The molecule has 0 aromatic heterocycles. The highest BCUT2D eigenvalue weighted by atomic mass is 16.5. The van der Waals surface area contributed by atoms with Gasteiger partial charge in [0, 0.05) is 12.8 Å². The monoisotopic (exact) mass is 1170 g/mol. The maximum absolute atomic E-state index is 12.5. The van der Waals surface area contributed by atoms with Gasteiger partial charge in [-0.05, 0) is 64.2 Å². The third-order valence-electron chi connectivity index (χ3n) is 17.7. The second-order valence-electron chi connectivity index (χ2n) is 26.0. The number of nitrogens with one attached hydrogen (secondary N) is 1. The zero-order chi connectivity index (χ0) is 59.9. The molecule has 0 aliphatic carbocycles. The predicted octanol–water partition coefficient (Wildman–Crippen LogP) is 24.7. The van der Waals surface area contributed by atoms with Crippen LogP contribution in [0.4, 0.5) is 0 Å². The van der Waals surface area contributed by atoms with Crippen LogP contribution in [0.25, 0.3) is 0 Å². The van der Waals surface area contributed by atoms with Gasteiger partial charge in [-0.25, -0.2) is 0 Å². The Bertz CT molecular complexity index is 1340. The van der Waals surface area contributed by atoms with Crippen molar-refractivity contribution < 1.29 is 24.5 Å². The first-order chi connectivity index (χ1) is 41.0. The van der Waals surface area contributed by atoms with Crippen molar-refractivity contribution in [1.82, 2.24) is 5.32 Å². The predicted molar refractivity (Wildman–Crippen MR) is 366 cm³/mol. The normalized spacial score (nSPS) is 12.7. The van der Waals surface area contributed by atoms with Gasteiger partial charge in [0.2, 0.25) is 5.91 Å². The van der Waals surface area contributed by atoms with Crippen LogP contribution in [-0.4, -0.2) is 47.4 Å². The smallest absolute Gasteiger partial charge is 0.305 e. The van der Waals surface area contributed by atoms with Crippen molar-refractivity contribution in [2.75, 3.05) is 13.2 Å². The minimum atomic E-state index is -0.842. The van der Waals surface area contributed by atoms with Gasteiger partial charge in [0.05, 0.1) is 25.4 Å². The Morgan fingerprint density at radius 1 is 0.337 bits per heavy atom. The van der Waals surface area contributed by atoms with E-state index in [1.807, 2.05) is 6.08 Å². The lowest BCUT2D eigenvalue weighted by Crippen LogP contribution is -2.45. The number of hydrogen-bond donors (Lipinski definition) is 3. The number of aliphatic hydroxyl groups is 2. The van der Waals surface area contributed by atoms with Crippen LogP contribution in [-0.2, 0) is 14.3 Å². The van der Waals surface area contributed by atoms with Crippen molar-refractivity contribution in [3.63, 3.8) is 0 Å². The summed E-state index contributed by atoms with van der Waals surface area (Å²) in [5.41, 5.74) is 0. The van der Waals surface area contributed by atoms with Gasteiger partial charge in [-0.15, -0.1) is 0 Å². The van der Waals surface area contributed by atoms with Gasteiger partial charge >= 0.3 is 5.97 Å². The molecule has 0 aliphatic heterocycles. The van der Waals surface area contributed by atoms with Crippen molar-refractivity contribution >= 4 is 11.9 Å². The largest absolute Gasteiger partial charge is 0.466 e. The number of rotatable bonds is 71. The topological polar surface area (TPSA) is 95.9 Å². The fourth-order valence-corrected chi connectivity index (χ4v) is 11.9. The zero-order valence-corrected chi connectivity index (χ0v) is 56.2. The van der Waals surface area contributed by atoms with Crippen LogP contribution in [0, 0.1) is 0 Å². The first kappa shape index (κ1) is 81.1. The fraction of sp³-hybridized carbons (Fsp3) is 0.896. The van der Waals surface area contributed by atoms with Gasteiger partial charge in [0.25, 0.3) is 0 Å². The highest BCUT2D eigenvalue weighted by Gasteiger charge is 2.18. The Morgan fingerprint density at radius 2 is 0.602 bits per heavy atom. The first-order valence-electron chi connectivity index (χ1n) is 37.8. The second kappa shape index (κ2) is 72.6. The third kappa shape index (κ3) is 69.1. The van der Waals surface area contributed by atoms with Gasteiger partial charge < -0.3 is 20.3 Å². The van der Waals surface area contributed by atoms with E-state index >= 15 is 0 Å². The van der Waals surface area contributed by atoms with Crippen LogP contribution in [0.5, 0.6) is 0 Å². The highest BCUT2D eigenvalue weighted by Crippen LogP contribution is 2.19. The Balaban J connectivity index is 3.35. The Kier molecular flexibility index (Phi) is 70.9. The number of unbranched alkanes of at least 4 members (excludes halogenated alkanes) is 56. The average molecular weight is 1170 g/mol. The summed E-state index contributed by atoms with van der Waals surface area (Å²) in [6.45, 7) is 4.92. The maximum atomic E-state index is 12.5. The van der Waals surface area contributed by atoms with Crippen LogP contribution >= 0.6 is 0 Å². The van der Waals surface area contributed by atoms with E-state index in [-0.39, 0.29) is 18.5 Å². The molecule has 0 rings (SSSR count). The number of amides is 1. The molecule has 0 aliphatic rings. The standard InChI is InChI=1S/C77H147NO5/c1-3-5-7-9-11-13-15-17-19-21-35-38-41-45-49-53-57-61-65-69-75(80)74(73-79)78-76(81)70-66-62-58-54-50-46-42-39-36-33-31-29-27-25-23-22-24-26-28-30-32-34-37-40-44-48-52-56-60-64-68-72-83-77(82)71-67-63-59-55-51-47-43-20-18-16-14-12-10-8-6-4-2/h14,16,20,43,65,69,74-75,79-80H,3-13,15,17-19,21-42,44-64,66-68,70-73H2,1-2H3,(H,78,81)/b16-14-,43-20-,69-65+. The van der Waals surface area contributed by atoms with Gasteiger partial charge in [-0.3, -0.25) is 9.59 Å². The lowest BCUT2D eigenvalue weighted by atomic mass is 10.0. The molecule has 0 radical (unpaired) electrons. The molecule has 3 N–H and O–H groups in total. The minimum absolute atomic E-state index is 0.00744. The summed E-state index contributed by atoms with van der Waals surface area (Å²) in [6.07, 6.45) is 93.9. The number of ether oxygens (including phenoxy) is 1. The Labute approximate surface area is 519 Å². The van der Waals surface area contributed by atoms with E-state index in [9.17, 15) is 19.8 Å². The van der Waals surface area contributed by atoms with E-state index in [0.29, 0.717) is 19.4 Å². The molecule has 0 aromatic rings. The number of hydrogen-bond acceptors (Lipinski definition) is 5. The molecule has 1 amide bonds. The first-order valence-corrected chi connectivity index (χ1v) is 37.8. The molecule has 6 nitrogen and oxygen atoms in total. The zero-order valence-electron chi connectivity index (χ0n) is 56.2. The van der Waals surface area contributed by atoms with Gasteiger partial charge in [-0.1, -0.05) is 378 Å². The fourth-order valence-electron chi connectivity index (χ4n) is 11.9. The van der Waals surface area contributed by atoms with Crippen molar-refractivity contribution in [2.45, 2.75) is 431 Å². The summed E-state index contributed by atoms with van der Waals surface area (Å²) in [5.74, 6) is -0.0526. The molecule has 0 aromatic carbocycles. The van der Waals surface area contributed by atoms with Crippen molar-refractivity contribution in [3.8, 4) is 0 Å². The molecular weight excluding hydrogens is 1020 g/mol. The molecule has 0 heterocycles. The van der Waals surface area contributed by atoms with E-state index in [0.717, 1.165) is 51.4 Å². The maximum Gasteiger partial charge on any atom is 0.305 e. The van der Waals surface area contributed by atoms with E-state index in [1.165, 1.54) is 340 Å². The molecular formula is C77H147NO5. The summed E-state index contributed by atoms with van der Waals surface area (Å²) < 4.78 is 5.50. The van der Waals surface area contributed by atoms with Crippen LogP contribution < -0.4 is 5.32 Å². The van der Waals surface area contributed by atoms with Gasteiger partial charge in [0.15, 0.2) is 0 Å². The third-order valence-corrected chi connectivity index (χ3v) is 17.7. The van der Waals surface area contributed by atoms with Crippen molar-refractivity contribution in [3.05, 3.63) is 36.5 Å². The van der Waals surface area contributed by atoms with Crippen molar-refractivity contribution in [1.29, 1.82) is 0 Å². The SMILES string of the molecule is CCCCCC/C=C\C/C=C\CCCCCCCC(=O)OCCCCCCCCCCCCCCCCCCCCCCCCCCCCCCCCCC(=O)NC(CO)C(O)/C=C/CCCCCCCCCCCCCCCCCCC. The summed E-state index contributed by atoms with van der Waals surface area (Å²) in [7, 11) is 0. The number of allylic oxidation sites excluding steroid dienone is 5.